The largest absolute Gasteiger partial charge is 0.372 e. The normalized spacial score (nSPS) is 25.1. The third-order valence-electron chi connectivity index (χ3n) is 4.02. The Morgan fingerprint density at radius 2 is 1.89 bits per heavy atom. The van der Waals surface area contributed by atoms with Crippen molar-refractivity contribution in [1.29, 1.82) is 0 Å². The van der Waals surface area contributed by atoms with Crippen LogP contribution in [0.25, 0.3) is 0 Å². The molecule has 106 valence electrons. The SMILES string of the molecule is CCC1CCOC(c2ccc(C(C)(C)C)cc2)CN1. The summed E-state index contributed by atoms with van der Waals surface area (Å²) in [6, 6.07) is 9.53. The summed E-state index contributed by atoms with van der Waals surface area (Å²) in [7, 11) is 0. The van der Waals surface area contributed by atoms with Crippen LogP contribution >= 0.6 is 0 Å². The van der Waals surface area contributed by atoms with Gasteiger partial charge in [-0.2, -0.15) is 0 Å². The van der Waals surface area contributed by atoms with E-state index in [-0.39, 0.29) is 11.5 Å². The van der Waals surface area contributed by atoms with Gasteiger partial charge in [0.25, 0.3) is 0 Å². The topological polar surface area (TPSA) is 21.3 Å². The molecule has 0 amide bonds. The molecule has 19 heavy (non-hydrogen) atoms. The quantitative estimate of drug-likeness (QED) is 0.874. The highest BCUT2D eigenvalue weighted by Crippen LogP contribution is 2.26. The number of hydrogen-bond donors (Lipinski definition) is 1. The van der Waals surface area contributed by atoms with Crippen LogP contribution in [0.2, 0.25) is 0 Å². The fraction of sp³-hybridized carbons (Fsp3) is 0.647. The molecule has 2 unspecified atom stereocenters. The Labute approximate surface area is 117 Å². The second-order valence-corrected chi connectivity index (χ2v) is 6.53. The predicted octanol–water partition coefficient (Wildman–Crippen LogP) is 3.81. The molecule has 1 aromatic carbocycles. The highest BCUT2D eigenvalue weighted by atomic mass is 16.5. The van der Waals surface area contributed by atoms with Gasteiger partial charge in [-0.05, 0) is 29.4 Å². The standard InChI is InChI=1S/C17H27NO/c1-5-15-10-11-19-16(12-18-15)13-6-8-14(9-7-13)17(2,3)4/h6-9,15-16,18H,5,10-12H2,1-4H3. The number of ether oxygens (including phenoxy) is 1. The molecule has 0 radical (unpaired) electrons. The zero-order valence-corrected chi connectivity index (χ0v) is 12.7. The van der Waals surface area contributed by atoms with Gasteiger partial charge < -0.3 is 10.1 Å². The fourth-order valence-corrected chi connectivity index (χ4v) is 2.55. The van der Waals surface area contributed by atoms with Crippen molar-refractivity contribution in [3.05, 3.63) is 35.4 Å². The van der Waals surface area contributed by atoms with E-state index in [0.717, 1.165) is 19.6 Å². The van der Waals surface area contributed by atoms with E-state index in [1.54, 1.807) is 0 Å². The van der Waals surface area contributed by atoms with E-state index in [2.05, 4.69) is 57.3 Å². The Kier molecular flexibility index (Phi) is 4.64. The number of rotatable bonds is 2. The van der Waals surface area contributed by atoms with Crippen molar-refractivity contribution in [1.82, 2.24) is 5.32 Å². The second-order valence-electron chi connectivity index (χ2n) is 6.53. The van der Waals surface area contributed by atoms with Crippen LogP contribution in [-0.4, -0.2) is 19.2 Å². The van der Waals surface area contributed by atoms with Crippen molar-refractivity contribution in [3.63, 3.8) is 0 Å². The number of nitrogens with one attached hydrogen (secondary N) is 1. The second kappa shape index (κ2) is 6.06. The maximum atomic E-state index is 5.98. The Morgan fingerprint density at radius 1 is 1.21 bits per heavy atom. The Morgan fingerprint density at radius 3 is 2.47 bits per heavy atom. The van der Waals surface area contributed by atoms with Gasteiger partial charge in [0.05, 0.1) is 6.10 Å². The average Bonchev–Trinajstić information content (AvgIpc) is 2.63. The lowest BCUT2D eigenvalue weighted by atomic mass is 9.86. The Bertz CT molecular complexity index is 391. The maximum absolute atomic E-state index is 5.98. The molecule has 2 nitrogen and oxygen atoms in total. The van der Waals surface area contributed by atoms with Gasteiger partial charge in [-0.3, -0.25) is 0 Å². The molecule has 1 aliphatic heterocycles. The van der Waals surface area contributed by atoms with Crippen LogP contribution in [0.1, 0.15) is 57.8 Å². The average molecular weight is 261 g/mol. The van der Waals surface area contributed by atoms with E-state index in [4.69, 9.17) is 4.74 Å². The summed E-state index contributed by atoms with van der Waals surface area (Å²) in [6.07, 6.45) is 2.50. The summed E-state index contributed by atoms with van der Waals surface area (Å²) in [5.74, 6) is 0. The molecule has 0 bridgehead atoms. The minimum absolute atomic E-state index is 0.200. The van der Waals surface area contributed by atoms with E-state index in [9.17, 15) is 0 Å². The number of hydrogen-bond acceptors (Lipinski definition) is 2. The van der Waals surface area contributed by atoms with Gasteiger partial charge in [-0.15, -0.1) is 0 Å². The van der Waals surface area contributed by atoms with Crippen LogP contribution in [0.3, 0.4) is 0 Å². The maximum Gasteiger partial charge on any atom is 0.0949 e. The molecule has 1 saturated heterocycles. The van der Waals surface area contributed by atoms with Crippen LogP contribution in [-0.2, 0) is 10.2 Å². The molecule has 2 heteroatoms. The zero-order chi connectivity index (χ0) is 13.9. The van der Waals surface area contributed by atoms with Gasteiger partial charge in [0.15, 0.2) is 0 Å². The molecule has 2 rings (SSSR count). The van der Waals surface area contributed by atoms with E-state index < -0.39 is 0 Å². The summed E-state index contributed by atoms with van der Waals surface area (Å²) in [4.78, 5) is 0. The summed E-state index contributed by atoms with van der Waals surface area (Å²) in [6.45, 7) is 10.8. The summed E-state index contributed by atoms with van der Waals surface area (Å²) < 4.78 is 5.98. The van der Waals surface area contributed by atoms with Crippen LogP contribution in [0.15, 0.2) is 24.3 Å². The van der Waals surface area contributed by atoms with Gasteiger partial charge in [0, 0.05) is 19.2 Å². The van der Waals surface area contributed by atoms with Crippen LogP contribution in [0.5, 0.6) is 0 Å². The van der Waals surface area contributed by atoms with Crippen molar-refractivity contribution in [2.24, 2.45) is 0 Å². The predicted molar refractivity (Wildman–Crippen MR) is 80.5 cm³/mol. The lowest BCUT2D eigenvalue weighted by Crippen LogP contribution is -2.29. The molecule has 1 N–H and O–H groups in total. The Balaban J connectivity index is 2.06. The first-order chi connectivity index (χ1) is 9.00. The van der Waals surface area contributed by atoms with E-state index in [1.165, 1.54) is 17.5 Å². The van der Waals surface area contributed by atoms with Crippen molar-refractivity contribution in [3.8, 4) is 0 Å². The number of benzene rings is 1. The molecule has 0 aromatic heterocycles. The van der Waals surface area contributed by atoms with E-state index >= 15 is 0 Å². The molecule has 0 spiro atoms. The fourth-order valence-electron chi connectivity index (χ4n) is 2.55. The molecule has 1 aromatic rings. The molecular formula is C17H27NO. The molecule has 0 saturated carbocycles. The van der Waals surface area contributed by atoms with E-state index in [0.29, 0.717) is 6.04 Å². The molecule has 2 atom stereocenters. The lowest BCUT2D eigenvalue weighted by Gasteiger charge is -2.21. The molecule has 1 heterocycles. The van der Waals surface area contributed by atoms with Crippen molar-refractivity contribution in [2.75, 3.05) is 13.2 Å². The van der Waals surface area contributed by atoms with Gasteiger partial charge in [0.2, 0.25) is 0 Å². The first kappa shape index (κ1) is 14.5. The highest BCUT2D eigenvalue weighted by molar-refractivity contribution is 5.29. The lowest BCUT2D eigenvalue weighted by molar-refractivity contribution is 0.0663. The smallest absolute Gasteiger partial charge is 0.0949 e. The van der Waals surface area contributed by atoms with Crippen LogP contribution < -0.4 is 5.32 Å². The highest BCUT2D eigenvalue weighted by Gasteiger charge is 2.20. The van der Waals surface area contributed by atoms with Crippen molar-refractivity contribution in [2.45, 2.75) is 58.1 Å². The summed E-state index contributed by atoms with van der Waals surface area (Å²) in [5.41, 5.74) is 2.88. The summed E-state index contributed by atoms with van der Waals surface area (Å²) in [5, 5.41) is 3.60. The summed E-state index contributed by atoms with van der Waals surface area (Å²) >= 11 is 0. The third kappa shape index (κ3) is 3.80. The monoisotopic (exact) mass is 261 g/mol. The first-order valence-corrected chi connectivity index (χ1v) is 7.46. The Hall–Kier alpha value is -0.860. The minimum atomic E-state index is 0.200. The first-order valence-electron chi connectivity index (χ1n) is 7.46. The van der Waals surface area contributed by atoms with Crippen LogP contribution in [0, 0.1) is 0 Å². The van der Waals surface area contributed by atoms with Crippen molar-refractivity contribution < 1.29 is 4.74 Å². The van der Waals surface area contributed by atoms with Crippen molar-refractivity contribution >= 4 is 0 Å². The van der Waals surface area contributed by atoms with Gasteiger partial charge in [-0.1, -0.05) is 52.0 Å². The van der Waals surface area contributed by atoms with Crippen LogP contribution in [0.4, 0.5) is 0 Å². The molecule has 0 aliphatic carbocycles. The molecular weight excluding hydrogens is 234 g/mol. The molecule has 1 fully saturated rings. The molecule has 1 aliphatic rings. The minimum Gasteiger partial charge on any atom is -0.372 e. The van der Waals surface area contributed by atoms with Gasteiger partial charge in [0.1, 0.15) is 0 Å². The third-order valence-corrected chi connectivity index (χ3v) is 4.02. The van der Waals surface area contributed by atoms with Gasteiger partial charge in [-0.25, -0.2) is 0 Å². The zero-order valence-electron chi connectivity index (χ0n) is 12.7. The van der Waals surface area contributed by atoms with Gasteiger partial charge >= 0.3 is 0 Å². The van der Waals surface area contributed by atoms with E-state index in [1.807, 2.05) is 0 Å².